The number of hydrogen-bond acceptors (Lipinski definition) is 3. The lowest BCUT2D eigenvalue weighted by molar-refractivity contribution is 0.0424. The molecule has 0 amide bonds. The molecule has 1 saturated carbocycles. The summed E-state index contributed by atoms with van der Waals surface area (Å²) in [5, 5.41) is 7.65. The molecule has 1 aliphatic heterocycles. The Bertz CT molecular complexity index is 582. The van der Waals surface area contributed by atoms with Crippen molar-refractivity contribution in [2.75, 3.05) is 32.9 Å². The van der Waals surface area contributed by atoms with Crippen LogP contribution in [0.4, 0.5) is 0 Å². The molecule has 2 fully saturated rings. The van der Waals surface area contributed by atoms with Crippen molar-refractivity contribution < 1.29 is 9.47 Å². The van der Waals surface area contributed by atoms with Gasteiger partial charge in [-0.25, -0.2) is 0 Å². The Morgan fingerprint density at radius 1 is 1.42 bits per heavy atom. The maximum atomic E-state index is 6.09. The van der Waals surface area contributed by atoms with E-state index in [0.717, 1.165) is 63.2 Å². The molecule has 3 unspecified atom stereocenters. The molecular formula is C19H29ClIN3O2. The topological polar surface area (TPSA) is 54.9 Å². The second-order valence-electron chi connectivity index (χ2n) is 6.62. The van der Waals surface area contributed by atoms with Gasteiger partial charge in [0.25, 0.3) is 0 Å². The monoisotopic (exact) mass is 493 g/mol. The van der Waals surface area contributed by atoms with Crippen LogP contribution in [-0.4, -0.2) is 51.0 Å². The predicted molar refractivity (Wildman–Crippen MR) is 117 cm³/mol. The molecule has 3 atom stereocenters. The number of nitrogens with zero attached hydrogens (tertiary/aromatic N) is 1. The summed E-state index contributed by atoms with van der Waals surface area (Å²) in [7, 11) is 0. The minimum Gasteiger partial charge on any atom is -0.379 e. The lowest BCUT2D eigenvalue weighted by Gasteiger charge is -2.12. The van der Waals surface area contributed by atoms with Crippen molar-refractivity contribution in [2.45, 2.75) is 44.2 Å². The van der Waals surface area contributed by atoms with Gasteiger partial charge in [-0.05, 0) is 43.9 Å². The SMILES string of the molecule is CCNC(=NCCCOC1CCOC1)NC1CC1c1cccc(Cl)c1.I. The number of guanidine groups is 1. The Morgan fingerprint density at radius 2 is 2.31 bits per heavy atom. The third-order valence-corrected chi connectivity index (χ3v) is 4.78. The number of benzene rings is 1. The highest BCUT2D eigenvalue weighted by Crippen LogP contribution is 2.41. The summed E-state index contributed by atoms with van der Waals surface area (Å²) in [5.41, 5.74) is 1.30. The van der Waals surface area contributed by atoms with Gasteiger partial charge in [-0.2, -0.15) is 0 Å². The molecule has 2 aliphatic rings. The van der Waals surface area contributed by atoms with Crippen molar-refractivity contribution in [3.05, 3.63) is 34.9 Å². The fourth-order valence-electron chi connectivity index (χ4n) is 3.11. The van der Waals surface area contributed by atoms with Gasteiger partial charge in [-0.15, -0.1) is 24.0 Å². The standard InChI is InChI=1S/C19H28ClN3O2.HI/c1-2-21-19(22-8-4-9-25-16-7-10-24-13-16)23-18-12-17(18)14-5-3-6-15(20)11-14;/h3,5-6,11,16-18H,2,4,7-10,12-13H2,1H3,(H2,21,22,23);1H. The van der Waals surface area contributed by atoms with E-state index in [2.05, 4.69) is 34.7 Å². The molecule has 1 heterocycles. The summed E-state index contributed by atoms with van der Waals surface area (Å²) in [6.45, 7) is 6.01. The molecule has 1 aliphatic carbocycles. The largest absolute Gasteiger partial charge is 0.379 e. The first kappa shape index (κ1) is 21.7. The molecule has 1 aromatic carbocycles. The van der Waals surface area contributed by atoms with Crippen LogP contribution >= 0.6 is 35.6 Å². The summed E-state index contributed by atoms with van der Waals surface area (Å²) in [6.07, 6.45) is 3.34. The van der Waals surface area contributed by atoms with E-state index >= 15 is 0 Å². The van der Waals surface area contributed by atoms with Crippen LogP contribution in [0.2, 0.25) is 5.02 Å². The Hall–Kier alpha value is -0.570. The van der Waals surface area contributed by atoms with Gasteiger partial charge >= 0.3 is 0 Å². The van der Waals surface area contributed by atoms with Crippen molar-refractivity contribution in [3.8, 4) is 0 Å². The highest BCUT2D eigenvalue weighted by atomic mass is 127. The summed E-state index contributed by atoms with van der Waals surface area (Å²) in [4.78, 5) is 4.66. The van der Waals surface area contributed by atoms with Crippen molar-refractivity contribution in [1.29, 1.82) is 0 Å². The van der Waals surface area contributed by atoms with E-state index < -0.39 is 0 Å². The molecule has 7 heteroatoms. The highest BCUT2D eigenvalue weighted by molar-refractivity contribution is 14.0. The minimum absolute atomic E-state index is 0. The molecule has 0 aromatic heterocycles. The third kappa shape index (κ3) is 6.87. The zero-order chi connectivity index (χ0) is 17.5. The number of ether oxygens (including phenoxy) is 2. The van der Waals surface area contributed by atoms with Crippen LogP contribution in [0, 0.1) is 0 Å². The summed E-state index contributed by atoms with van der Waals surface area (Å²) in [5.74, 6) is 1.41. The van der Waals surface area contributed by atoms with Gasteiger partial charge in [0, 0.05) is 43.3 Å². The van der Waals surface area contributed by atoms with Crippen LogP contribution in [0.25, 0.3) is 0 Å². The average Bonchev–Trinajstić information content (AvgIpc) is 3.17. The Balaban J connectivity index is 0.00000243. The quantitative estimate of drug-likeness (QED) is 0.252. The predicted octanol–water partition coefficient (Wildman–Crippen LogP) is 3.56. The van der Waals surface area contributed by atoms with Gasteiger partial charge < -0.3 is 20.1 Å². The second-order valence-corrected chi connectivity index (χ2v) is 7.06. The Morgan fingerprint density at radius 3 is 3.04 bits per heavy atom. The van der Waals surface area contributed by atoms with Gasteiger partial charge in [0.15, 0.2) is 5.96 Å². The van der Waals surface area contributed by atoms with Crippen molar-refractivity contribution in [1.82, 2.24) is 10.6 Å². The first-order valence-corrected chi connectivity index (χ1v) is 9.63. The maximum Gasteiger partial charge on any atom is 0.191 e. The molecule has 5 nitrogen and oxygen atoms in total. The van der Waals surface area contributed by atoms with Crippen molar-refractivity contribution in [2.24, 2.45) is 4.99 Å². The van der Waals surface area contributed by atoms with E-state index in [1.165, 1.54) is 5.56 Å². The van der Waals surface area contributed by atoms with Crippen molar-refractivity contribution in [3.63, 3.8) is 0 Å². The number of aliphatic imine (C=N–C) groups is 1. The van der Waals surface area contributed by atoms with E-state index in [-0.39, 0.29) is 30.1 Å². The van der Waals surface area contributed by atoms with E-state index in [0.29, 0.717) is 12.0 Å². The van der Waals surface area contributed by atoms with Gasteiger partial charge in [-0.1, -0.05) is 23.7 Å². The molecular weight excluding hydrogens is 465 g/mol. The van der Waals surface area contributed by atoms with Crippen LogP contribution in [0.3, 0.4) is 0 Å². The number of nitrogens with one attached hydrogen (secondary N) is 2. The Kier molecular flexibility index (Phi) is 9.45. The smallest absolute Gasteiger partial charge is 0.191 e. The molecule has 146 valence electrons. The lowest BCUT2D eigenvalue weighted by atomic mass is 10.1. The third-order valence-electron chi connectivity index (χ3n) is 4.55. The summed E-state index contributed by atoms with van der Waals surface area (Å²) >= 11 is 6.09. The molecule has 1 saturated heterocycles. The van der Waals surface area contributed by atoms with Crippen LogP contribution in [0.15, 0.2) is 29.3 Å². The zero-order valence-electron chi connectivity index (χ0n) is 15.2. The second kappa shape index (κ2) is 11.3. The van der Waals surface area contributed by atoms with Crippen LogP contribution in [-0.2, 0) is 9.47 Å². The first-order chi connectivity index (χ1) is 12.3. The van der Waals surface area contributed by atoms with E-state index in [4.69, 9.17) is 21.1 Å². The number of halogens is 2. The van der Waals surface area contributed by atoms with Crippen LogP contribution in [0.1, 0.15) is 37.7 Å². The number of rotatable bonds is 8. The molecule has 0 bridgehead atoms. The lowest BCUT2D eigenvalue weighted by Crippen LogP contribution is -2.39. The zero-order valence-corrected chi connectivity index (χ0v) is 18.3. The van der Waals surface area contributed by atoms with E-state index in [1.807, 2.05) is 12.1 Å². The van der Waals surface area contributed by atoms with Gasteiger partial charge in [0.05, 0.1) is 12.7 Å². The fourth-order valence-corrected chi connectivity index (χ4v) is 3.30. The Labute approximate surface area is 178 Å². The summed E-state index contributed by atoms with van der Waals surface area (Å²) < 4.78 is 11.1. The fraction of sp³-hybridized carbons (Fsp3) is 0.632. The van der Waals surface area contributed by atoms with Crippen LogP contribution in [0.5, 0.6) is 0 Å². The normalized spacial score (nSPS) is 24.8. The van der Waals surface area contributed by atoms with Crippen LogP contribution < -0.4 is 10.6 Å². The highest BCUT2D eigenvalue weighted by Gasteiger charge is 2.39. The maximum absolute atomic E-state index is 6.09. The number of hydrogen-bond donors (Lipinski definition) is 2. The minimum atomic E-state index is 0. The molecule has 3 rings (SSSR count). The molecule has 0 radical (unpaired) electrons. The summed E-state index contributed by atoms with van der Waals surface area (Å²) in [6, 6.07) is 8.57. The van der Waals surface area contributed by atoms with E-state index in [9.17, 15) is 0 Å². The van der Waals surface area contributed by atoms with Crippen molar-refractivity contribution >= 4 is 41.5 Å². The molecule has 26 heavy (non-hydrogen) atoms. The molecule has 0 spiro atoms. The van der Waals surface area contributed by atoms with E-state index in [1.54, 1.807) is 0 Å². The molecule has 2 N–H and O–H groups in total. The van der Waals surface area contributed by atoms with Gasteiger partial charge in [0.1, 0.15) is 0 Å². The molecule has 1 aromatic rings. The first-order valence-electron chi connectivity index (χ1n) is 9.26. The average molecular weight is 494 g/mol. The van der Waals surface area contributed by atoms with Gasteiger partial charge in [0.2, 0.25) is 0 Å². The van der Waals surface area contributed by atoms with Gasteiger partial charge in [-0.3, -0.25) is 4.99 Å².